The zero-order valence-corrected chi connectivity index (χ0v) is 21.7. The van der Waals surface area contributed by atoms with Crippen LogP contribution in [0.1, 0.15) is 48.6 Å². The quantitative estimate of drug-likeness (QED) is 0.575. The third-order valence-corrected chi connectivity index (χ3v) is 8.72. The maximum atomic E-state index is 15.1. The van der Waals surface area contributed by atoms with Crippen molar-refractivity contribution in [2.75, 3.05) is 26.7 Å². The number of aromatic nitrogens is 3. The summed E-state index contributed by atoms with van der Waals surface area (Å²) in [5.41, 5.74) is 6.13. The SMILES string of the molecule is Cc1nc2cc(C3CC4CCN(C5CNN(C)C5)C(C4)C3)nc(-c3ccc(Cl)cc3F)n2c(=O)c1C. The molecule has 1 aliphatic carbocycles. The highest BCUT2D eigenvalue weighted by Gasteiger charge is 2.41. The zero-order chi connectivity index (χ0) is 25.1. The van der Waals surface area contributed by atoms with Crippen LogP contribution in [0.2, 0.25) is 5.02 Å². The van der Waals surface area contributed by atoms with Crippen LogP contribution >= 0.6 is 11.6 Å². The van der Waals surface area contributed by atoms with Crippen LogP contribution in [-0.2, 0) is 0 Å². The van der Waals surface area contributed by atoms with E-state index < -0.39 is 5.82 Å². The molecule has 9 heteroatoms. The summed E-state index contributed by atoms with van der Waals surface area (Å²) in [7, 11) is 2.10. The summed E-state index contributed by atoms with van der Waals surface area (Å²) in [5, 5.41) is 2.49. The molecule has 36 heavy (non-hydrogen) atoms. The Kier molecular flexibility index (Phi) is 6.11. The number of nitrogens with zero attached hydrogens (tertiary/aromatic N) is 5. The van der Waals surface area contributed by atoms with Gasteiger partial charge in [-0.25, -0.2) is 23.8 Å². The number of nitrogens with one attached hydrogen (secondary N) is 1. The molecule has 190 valence electrons. The molecular weight excluding hydrogens is 479 g/mol. The largest absolute Gasteiger partial charge is 0.295 e. The fraction of sp³-hybridized carbons (Fsp3) is 0.519. The van der Waals surface area contributed by atoms with Crippen LogP contribution in [0.15, 0.2) is 29.1 Å². The number of hydrazine groups is 1. The third-order valence-electron chi connectivity index (χ3n) is 8.49. The molecule has 0 amide bonds. The first kappa shape index (κ1) is 24.0. The number of halogens is 2. The fourth-order valence-corrected chi connectivity index (χ4v) is 6.67. The Morgan fingerprint density at radius 3 is 2.69 bits per heavy atom. The number of benzene rings is 1. The Morgan fingerprint density at radius 1 is 1.11 bits per heavy atom. The number of piperidine rings is 1. The van der Waals surface area contributed by atoms with E-state index >= 15 is 4.39 Å². The molecule has 2 saturated heterocycles. The van der Waals surface area contributed by atoms with Gasteiger partial charge in [0.15, 0.2) is 5.82 Å². The average molecular weight is 511 g/mol. The molecule has 6 rings (SSSR count). The first-order chi connectivity index (χ1) is 17.3. The van der Waals surface area contributed by atoms with Crippen molar-refractivity contribution in [1.29, 1.82) is 0 Å². The summed E-state index contributed by atoms with van der Waals surface area (Å²) in [6.07, 6.45) is 4.49. The number of rotatable bonds is 3. The molecule has 2 aliphatic heterocycles. The molecular formula is C27H32ClFN6O. The molecule has 4 atom stereocenters. The molecule has 3 aliphatic rings. The van der Waals surface area contributed by atoms with Gasteiger partial charge in [0, 0.05) is 66.2 Å². The van der Waals surface area contributed by atoms with Crippen molar-refractivity contribution in [3.05, 3.63) is 62.4 Å². The Labute approximate surface area is 215 Å². The predicted octanol–water partition coefficient (Wildman–Crippen LogP) is 3.94. The van der Waals surface area contributed by atoms with Crippen molar-refractivity contribution in [3.63, 3.8) is 0 Å². The van der Waals surface area contributed by atoms with Gasteiger partial charge in [0.05, 0.1) is 5.56 Å². The molecule has 0 spiro atoms. The van der Waals surface area contributed by atoms with Crippen LogP contribution in [0.3, 0.4) is 0 Å². The van der Waals surface area contributed by atoms with Crippen molar-refractivity contribution in [2.24, 2.45) is 5.92 Å². The van der Waals surface area contributed by atoms with E-state index in [1.807, 2.05) is 13.0 Å². The molecule has 3 aromatic rings. The number of likely N-dealkylation sites (tertiary alicyclic amines) is 1. The lowest BCUT2D eigenvalue weighted by Crippen LogP contribution is -2.52. The summed E-state index contributed by atoms with van der Waals surface area (Å²) in [5.74, 6) is 0.691. The lowest BCUT2D eigenvalue weighted by atomic mass is 9.72. The van der Waals surface area contributed by atoms with Gasteiger partial charge < -0.3 is 0 Å². The van der Waals surface area contributed by atoms with Crippen molar-refractivity contribution in [1.82, 2.24) is 29.7 Å². The molecule has 4 heterocycles. The van der Waals surface area contributed by atoms with Gasteiger partial charge in [-0.2, -0.15) is 0 Å². The number of fused-ring (bicyclic) bond motifs is 3. The van der Waals surface area contributed by atoms with Crippen LogP contribution in [0, 0.1) is 25.6 Å². The molecule has 3 fully saturated rings. The highest BCUT2D eigenvalue weighted by atomic mass is 35.5. The second kappa shape index (κ2) is 9.17. The van der Waals surface area contributed by atoms with Gasteiger partial charge in [-0.15, -0.1) is 0 Å². The minimum absolute atomic E-state index is 0.217. The van der Waals surface area contributed by atoms with Crippen LogP contribution in [-0.4, -0.2) is 63.0 Å². The van der Waals surface area contributed by atoms with E-state index in [0.29, 0.717) is 45.8 Å². The monoisotopic (exact) mass is 510 g/mol. The number of aryl methyl sites for hydroxylation is 1. The van der Waals surface area contributed by atoms with E-state index in [1.54, 1.807) is 19.1 Å². The number of hydrogen-bond acceptors (Lipinski definition) is 6. The van der Waals surface area contributed by atoms with Gasteiger partial charge in [0.25, 0.3) is 5.56 Å². The first-order valence-electron chi connectivity index (χ1n) is 12.8. The molecule has 1 N–H and O–H groups in total. The van der Waals surface area contributed by atoms with Gasteiger partial charge in [-0.1, -0.05) is 11.6 Å². The van der Waals surface area contributed by atoms with Gasteiger partial charge in [0.2, 0.25) is 0 Å². The summed E-state index contributed by atoms with van der Waals surface area (Å²) in [6.45, 7) is 6.76. The molecule has 4 unspecified atom stereocenters. The Bertz CT molecular complexity index is 1390. The second-order valence-corrected chi connectivity index (χ2v) is 11.2. The summed E-state index contributed by atoms with van der Waals surface area (Å²) >= 11 is 6.03. The number of hydrogen-bond donors (Lipinski definition) is 1. The van der Waals surface area contributed by atoms with E-state index in [2.05, 4.69) is 22.4 Å². The zero-order valence-electron chi connectivity index (χ0n) is 21.0. The van der Waals surface area contributed by atoms with Crippen LogP contribution < -0.4 is 11.0 Å². The maximum absolute atomic E-state index is 15.1. The highest BCUT2D eigenvalue weighted by molar-refractivity contribution is 6.30. The lowest BCUT2D eigenvalue weighted by Gasteiger charge is -2.48. The number of likely N-dealkylation sites (N-methyl/N-ethyl adjacent to an activating group) is 1. The van der Waals surface area contributed by atoms with Gasteiger partial charge in [0.1, 0.15) is 11.5 Å². The smallest absolute Gasteiger partial charge is 0.262 e. The second-order valence-electron chi connectivity index (χ2n) is 10.8. The van der Waals surface area contributed by atoms with Crippen LogP contribution in [0.4, 0.5) is 4.39 Å². The molecule has 2 aromatic heterocycles. The molecule has 1 saturated carbocycles. The Hall–Kier alpha value is -2.39. The minimum atomic E-state index is -0.497. The average Bonchev–Trinajstić information content (AvgIpc) is 3.27. The molecule has 1 aromatic carbocycles. The normalized spacial score (nSPS) is 27.1. The van der Waals surface area contributed by atoms with E-state index in [4.69, 9.17) is 21.6 Å². The van der Waals surface area contributed by atoms with E-state index in [-0.39, 0.29) is 17.0 Å². The van der Waals surface area contributed by atoms with E-state index in [1.165, 1.54) is 23.3 Å². The molecule has 0 radical (unpaired) electrons. The molecule has 2 bridgehead atoms. The van der Waals surface area contributed by atoms with Crippen molar-refractivity contribution < 1.29 is 4.39 Å². The van der Waals surface area contributed by atoms with Crippen molar-refractivity contribution in [3.8, 4) is 11.4 Å². The predicted molar refractivity (Wildman–Crippen MR) is 139 cm³/mol. The van der Waals surface area contributed by atoms with Gasteiger partial charge in [-0.3, -0.25) is 15.1 Å². The summed E-state index contributed by atoms with van der Waals surface area (Å²) in [4.78, 5) is 25.7. The Balaban J connectivity index is 1.44. The van der Waals surface area contributed by atoms with Gasteiger partial charge in [-0.05, 0) is 70.2 Å². The lowest BCUT2D eigenvalue weighted by molar-refractivity contribution is 0.0353. The molecule has 7 nitrogen and oxygen atoms in total. The maximum Gasteiger partial charge on any atom is 0.262 e. The van der Waals surface area contributed by atoms with Crippen molar-refractivity contribution in [2.45, 2.75) is 57.5 Å². The van der Waals surface area contributed by atoms with Crippen LogP contribution in [0.25, 0.3) is 17.0 Å². The minimum Gasteiger partial charge on any atom is -0.295 e. The fourth-order valence-electron chi connectivity index (χ4n) is 6.51. The Morgan fingerprint density at radius 2 is 1.94 bits per heavy atom. The first-order valence-corrected chi connectivity index (χ1v) is 13.2. The topological polar surface area (TPSA) is 65.8 Å². The van der Waals surface area contributed by atoms with E-state index in [9.17, 15) is 4.79 Å². The van der Waals surface area contributed by atoms with Crippen LogP contribution in [0.5, 0.6) is 0 Å². The van der Waals surface area contributed by atoms with Crippen molar-refractivity contribution >= 4 is 17.2 Å². The van der Waals surface area contributed by atoms with Gasteiger partial charge >= 0.3 is 0 Å². The standard InChI is InChI=1S/C27H32ClFN6O/c1-15-16(2)31-25-12-24(32-26(35(25)27(15)36)22-5-4-19(28)11-23(22)29)18-8-17-6-7-34(20(9-17)10-18)21-13-30-33(3)14-21/h4-5,11-12,17-18,20-21,30H,6-10,13-14H2,1-3H3. The summed E-state index contributed by atoms with van der Waals surface area (Å²) < 4.78 is 16.6. The highest BCUT2D eigenvalue weighted by Crippen LogP contribution is 2.43. The summed E-state index contributed by atoms with van der Waals surface area (Å²) in [6, 6.07) is 7.48. The third kappa shape index (κ3) is 4.14. The van der Waals surface area contributed by atoms with E-state index in [0.717, 1.165) is 38.2 Å².